The topological polar surface area (TPSA) is 107 Å². The highest BCUT2D eigenvalue weighted by molar-refractivity contribution is 6.42. The highest BCUT2D eigenvalue weighted by Gasteiger charge is 2.48. The van der Waals surface area contributed by atoms with Gasteiger partial charge in [0.05, 0.1) is 21.1 Å². The zero-order valence-electron chi connectivity index (χ0n) is 17.1. The molecule has 10 heteroatoms. The molecule has 1 aromatic heterocycles. The predicted molar refractivity (Wildman–Crippen MR) is 121 cm³/mol. The minimum Gasteiger partial charge on any atom is -0.352 e. The Bertz CT molecular complexity index is 1270. The van der Waals surface area contributed by atoms with E-state index in [1.54, 1.807) is 30.0 Å². The molecule has 0 radical (unpaired) electrons. The molecule has 0 bridgehead atoms. The summed E-state index contributed by atoms with van der Waals surface area (Å²) >= 11 is 12.1. The maximum Gasteiger partial charge on any atom is 0.255 e. The van der Waals surface area contributed by atoms with Crippen LogP contribution in [-0.2, 0) is 22.7 Å². The van der Waals surface area contributed by atoms with E-state index in [0.717, 1.165) is 16.6 Å². The number of benzene rings is 2. The lowest BCUT2D eigenvalue weighted by molar-refractivity contribution is -0.142. The number of carbonyl (C=O) groups excluding carboxylic acids is 3. The van der Waals surface area contributed by atoms with Gasteiger partial charge in [-0.1, -0.05) is 35.3 Å². The Kier molecular flexibility index (Phi) is 4.87. The van der Waals surface area contributed by atoms with Crippen LogP contribution in [0.15, 0.2) is 30.3 Å². The Morgan fingerprint density at radius 2 is 1.94 bits per heavy atom. The number of nitrogens with zero attached hydrogens (tertiary/aromatic N) is 2. The van der Waals surface area contributed by atoms with Crippen molar-refractivity contribution in [3.05, 3.63) is 57.1 Å². The van der Waals surface area contributed by atoms with Crippen LogP contribution in [0.5, 0.6) is 0 Å². The van der Waals surface area contributed by atoms with E-state index in [2.05, 4.69) is 20.6 Å². The standard InChI is InChI=1S/C22H19Cl2N5O3/c1-22(5-4-18(30)28-20(22)32)29-10-12-6-11(2-3-13(12)19(29)31)9-25-21-26-16-7-14(23)15(24)8-17(16)27-21/h2-3,6-8H,4-5,9-10H2,1H3,(H2,25,26,27)(H,28,30,32). The van der Waals surface area contributed by atoms with E-state index in [9.17, 15) is 14.4 Å². The van der Waals surface area contributed by atoms with Crippen molar-refractivity contribution in [1.29, 1.82) is 0 Å². The van der Waals surface area contributed by atoms with E-state index in [4.69, 9.17) is 23.2 Å². The summed E-state index contributed by atoms with van der Waals surface area (Å²) in [6.45, 7) is 2.51. The van der Waals surface area contributed by atoms with Crippen molar-refractivity contribution in [2.75, 3.05) is 5.32 Å². The van der Waals surface area contributed by atoms with Crippen LogP contribution in [-0.4, -0.2) is 38.1 Å². The number of aromatic amines is 1. The molecule has 2 aliphatic rings. The number of piperidine rings is 1. The molecule has 8 nitrogen and oxygen atoms in total. The van der Waals surface area contributed by atoms with E-state index in [1.807, 2.05) is 12.1 Å². The number of imide groups is 1. The van der Waals surface area contributed by atoms with Crippen LogP contribution in [0.1, 0.15) is 41.3 Å². The molecule has 2 aliphatic heterocycles. The summed E-state index contributed by atoms with van der Waals surface area (Å²) in [5.41, 5.74) is 2.82. The molecule has 0 spiro atoms. The highest BCUT2D eigenvalue weighted by atomic mass is 35.5. The first-order valence-electron chi connectivity index (χ1n) is 10.1. The van der Waals surface area contributed by atoms with Gasteiger partial charge >= 0.3 is 0 Å². The Hall–Kier alpha value is -3.10. The second kappa shape index (κ2) is 7.50. The van der Waals surface area contributed by atoms with Crippen LogP contribution >= 0.6 is 23.2 Å². The number of anilines is 1. The lowest BCUT2D eigenvalue weighted by atomic mass is 9.89. The maximum atomic E-state index is 13.0. The maximum absolute atomic E-state index is 13.0. The van der Waals surface area contributed by atoms with Crippen LogP contribution in [0.2, 0.25) is 10.0 Å². The van der Waals surface area contributed by atoms with E-state index >= 15 is 0 Å². The summed E-state index contributed by atoms with van der Waals surface area (Å²) in [6, 6.07) is 9.03. The molecule has 0 saturated carbocycles. The van der Waals surface area contributed by atoms with Crippen molar-refractivity contribution >= 4 is 57.9 Å². The Balaban J connectivity index is 1.33. The first kappa shape index (κ1) is 20.8. The van der Waals surface area contributed by atoms with Gasteiger partial charge in [0.15, 0.2) is 0 Å². The van der Waals surface area contributed by atoms with Gasteiger partial charge in [0.25, 0.3) is 11.8 Å². The lowest BCUT2D eigenvalue weighted by Crippen LogP contribution is -2.61. The van der Waals surface area contributed by atoms with Crippen molar-refractivity contribution in [2.45, 2.75) is 38.4 Å². The minimum atomic E-state index is -1.04. The molecule has 5 rings (SSSR count). The zero-order valence-corrected chi connectivity index (χ0v) is 18.6. The minimum absolute atomic E-state index is 0.197. The largest absolute Gasteiger partial charge is 0.352 e. The number of H-pyrrole nitrogens is 1. The van der Waals surface area contributed by atoms with E-state index in [-0.39, 0.29) is 18.2 Å². The molecule has 1 atom stereocenters. The molecule has 3 aromatic rings. The summed E-state index contributed by atoms with van der Waals surface area (Å²) in [5.74, 6) is -0.354. The van der Waals surface area contributed by atoms with Crippen molar-refractivity contribution in [3.63, 3.8) is 0 Å². The van der Waals surface area contributed by atoms with Gasteiger partial charge in [-0.05, 0) is 42.7 Å². The molecule has 3 heterocycles. The van der Waals surface area contributed by atoms with E-state index in [0.29, 0.717) is 46.6 Å². The SMILES string of the molecule is CC1(N2Cc3cc(CNc4nc5cc(Cl)c(Cl)cc5[nH]4)ccc3C2=O)CCC(=O)NC1=O. The van der Waals surface area contributed by atoms with Crippen LogP contribution in [0.25, 0.3) is 11.0 Å². The second-order valence-electron chi connectivity index (χ2n) is 8.26. The zero-order chi connectivity index (χ0) is 22.6. The summed E-state index contributed by atoms with van der Waals surface area (Å²) in [5, 5.41) is 6.48. The fourth-order valence-corrected chi connectivity index (χ4v) is 4.53. The third-order valence-corrected chi connectivity index (χ3v) is 6.86. The molecule has 32 heavy (non-hydrogen) atoms. The number of imidazole rings is 1. The van der Waals surface area contributed by atoms with E-state index < -0.39 is 11.4 Å². The van der Waals surface area contributed by atoms with Crippen molar-refractivity contribution in [2.24, 2.45) is 0 Å². The quantitative estimate of drug-likeness (QED) is 0.503. The number of aromatic nitrogens is 2. The van der Waals surface area contributed by atoms with Gasteiger partial charge in [-0.2, -0.15) is 0 Å². The average Bonchev–Trinajstić information content (AvgIpc) is 3.30. The third kappa shape index (κ3) is 3.40. The van der Waals surface area contributed by atoms with Gasteiger partial charge in [-0.15, -0.1) is 0 Å². The molecule has 2 aromatic carbocycles. The highest BCUT2D eigenvalue weighted by Crippen LogP contribution is 2.34. The molecular formula is C22H19Cl2N5O3. The van der Waals surface area contributed by atoms with Crippen LogP contribution in [0.3, 0.4) is 0 Å². The third-order valence-electron chi connectivity index (χ3n) is 6.13. The monoisotopic (exact) mass is 471 g/mol. The fourth-order valence-electron chi connectivity index (χ4n) is 4.21. The number of hydrogen-bond donors (Lipinski definition) is 3. The average molecular weight is 472 g/mol. The van der Waals surface area contributed by atoms with Gasteiger partial charge in [-0.3, -0.25) is 19.7 Å². The molecule has 1 fully saturated rings. The molecule has 1 saturated heterocycles. The second-order valence-corrected chi connectivity index (χ2v) is 9.07. The number of amides is 3. The first-order chi connectivity index (χ1) is 15.2. The van der Waals surface area contributed by atoms with Gasteiger partial charge in [0.2, 0.25) is 11.9 Å². The summed E-state index contributed by atoms with van der Waals surface area (Å²) in [6.07, 6.45) is 0.525. The molecular weight excluding hydrogens is 453 g/mol. The van der Waals surface area contributed by atoms with Crippen molar-refractivity contribution in [3.8, 4) is 0 Å². The molecule has 164 valence electrons. The predicted octanol–water partition coefficient (Wildman–Crippen LogP) is 3.63. The number of fused-ring (bicyclic) bond motifs is 2. The fraction of sp³-hybridized carbons (Fsp3) is 0.273. The van der Waals surface area contributed by atoms with E-state index in [1.165, 1.54) is 0 Å². The van der Waals surface area contributed by atoms with Crippen LogP contribution < -0.4 is 10.6 Å². The van der Waals surface area contributed by atoms with Gasteiger partial charge in [-0.25, -0.2) is 4.98 Å². The molecule has 1 unspecified atom stereocenters. The summed E-state index contributed by atoms with van der Waals surface area (Å²) in [4.78, 5) is 46.2. The Morgan fingerprint density at radius 3 is 2.72 bits per heavy atom. The van der Waals surface area contributed by atoms with Crippen LogP contribution in [0.4, 0.5) is 5.95 Å². The molecule has 0 aliphatic carbocycles. The normalized spacial score (nSPS) is 20.6. The Labute approximate surface area is 193 Å². The number of nitrogens with one attached hydrogen (secondary N) is 3. The summed E-state index contributed by atoms with van der Waals surface area (Å²) in [7, 11) is 0. The molecule has 3 amide bonds. The number of carbonyl (C=O) groups is 3. The smallest absolute Gasteiger partial charge is 0.255 e. The molecule has 3 N–H and O–H groups in total. The van der Waals surface area contributed by atoms with Gasteiger partial charge in [0, 0.05) is 25.1 Å². The number of halogens is 2. The van der Waals surface area contributed by atoms with Crippen molar-refractivity contribution < 1.29 is 14.4 Å². The Morgan fingerprint density at radius 1 is 1.16 bits per heavy atom. The van der Waals surface area contributed by atoms with Gasteiger partial charge in [0.1, 0.15) is 5.54 Å². The van der Waals surface area contributed by atoms with Gasteiger partial charge < -0.3 is 15.2 Å². The summed E-state index contributed by atoms with van der Waals surface area (Å²) < 4.78 is 0. The van der Waals surface area contributed by atoms with Crippen LogP contribution in [0, 0.1) is 0 Å². The number of hydrogen-bond acceptors (Lipinski definition) is 5. The number of rotatable bonds is 4. The lowest BCUT2D eigenvalue weighted by Gasteiger charge is -2.39. The van der Waals surface area contributed by atoms with Crippen molar-refractivity contribution in [1.82, 2.24) is 20.2 Å². The first-order valence-corrected chi connectivity index (χ1v) is 10.9.